The molecule has 1 rings (SSSR count). The third kappa shape index (κ3) is 11.8. The van der Waals surface area contributed by atoms with Crippen LogP contribution < -0.4 is 4.74 Å². The Morgan fingerprint density at radius 3 is 1.97 bits per heavy atom. The van der Waals surface area contributed by atoms with Crippen molar-refractivity contribution in [2.45, 2.75) is 78.7 Å². The minimum absolute atomic E-state index is 0.614. The Morgan fingerprint density at radius 1 is 0.767 bits per heavy atom. The molecule has 0 heterocycles. The van der Waals surface area contributed by atoms with Crippen molar-refractivity contribution >= 4 is 15.0 Å². The van der Waals surface area contributed by atoms with Crippen molar-refractivity contribution in [3.05, 3.63) is 29.8 Å². The molecule has 0 saturated heterocycles. The normalized spacial score (nSPS) is 12.0. The molecule has 0 aliphatic rings. The molecule has 5 nitrogen and oxygen atoms in total. The predicted molar refractivity (Wildman–Crippen MR) is 128 cm³/mol. The van der Waals surface area contributed by atoms with Gasteiger partial charge in [-0.25, -0.2) is 0 Å². The Balaban J connectivity index is 2.31. The van der Waals surface area contributed by atoms with Crippen molar-refractivity contribution in [3.63, 3.8) is 0 Å². The van der Waals surface area contributed by atoms with Gasteiger partial charge in [0.2, 0.25) is 0 Å². The standard InChI is InChI=1S/C24H43NO4Si/c1-5-9-10-11-12-13-20-26-24-17-15-23(16-18-24)22-25-19-14-21-30(27-6-2,28-7-3)29-8-4/h15-18,22H,5-14,19-21H2,1-4H3/b25-22+. The van der Waals surface area contributed by atoms with Gasteiger partial charge in [0.25, 0.3) is 0 Å². The van der Waals surface area contributed by atoms with Crippen LogP contribution in [-0.2, 0) is 13.3 Å². The second-order valence-corrected chi connectivity index (χ2v) is 10.0. The number of ether oxygens (including phenoxy) is 1. The van der Waals surface area contributed by atoms with Gasteiger partial charge in [0.15, 0.2) is 0 Å². The van der Waals surface area contributed by atoms with E-state index in [1.54, 1.807) is 0 Å². The Kier molecular flexibility index (Phi) is 15.6. The molecule has 1 aromatic carbocycles. The number of hydrogen-bond donors (Lipinski definition) is 0. The Hall–Kier alpha value is -1.21. The minimum Gasteiger partial charge on any atom is -0.494 e. The van der Waals surface area contributed by atoms with Gasteiger partial charge in [0, 0.05) is 38.6 Å². The Labute approximate surface area is 185 Å². The van der Waals surface area contributed by atoms with Crippen LogP contribution in [0.15, 0.2) is 29.3 Å². The lowest BCUT2D eigenvalue weighted by atomic mass is 10.1. The van der Waals surface area contributed by atoms with E-state index in [0.717, 1.165) is 43.4 Å². The van der Waals surface area contributed by atoms with Crippen molar-refractivity contribution in [1.82, 2.24) is 0 Å². The van der Waals surface area contributed by atoms with E-state index in [-0.39, 0.29) is 0 Å². The number of unbranched alkanes of at least 4 members (excludes halogenated alkanes) is 5. The zero-order valence-electron chi connectivity index (χ0n) is 19.7. The fraction of sp³-hybridized carbons (Fsp3) is 0.708. The highest BCUT2D eigenvalue weighted by Crippen LogP contribution is 2.18. The monoisotopic (exact) mass is 437 g/mol. The molecule has 1 aromatic rings. The third-order valence-electron chi connectivity index (χ3n) is 4.75. The van der Waals surface area contributed by atoms with Gasteiger partial charge in [-0.05, 0) is 63.4 Å². The van der Waals surface area contributed by atoms with E-state index < -0.39 is 8.80 Å². The summed E-state index contributed by atoms with van der Waals surface area (Å²) in [4.78, 5) is 4.56. The Morgan fingerprint density at radius 2 is 1.37 bits per heavy atom. The summed E-state index contributed by atoms with van der Waals surface area (Å²) < 4.78 is 23.5. The van der Waals surface area contributed by atoms with Crippen molar-refractivity contribution < 1.29 is 18.0 Å². The number of benzene rings is 1. The lowest BCUT2D eigenvalue weighted by molar-refractivity contribution is 0.0710. The quantitative estimate of drug-likeness (QED) is 0.145. The summed E-state index contributed by atoms with van der Waals surface area (Å²) in [6, 6.07) is 8.95. The first kappa shape index (κ1) is 26.8. The zero-order valence-corrected chi connectivity index (χ0v) is 20.7. The first-order valence-electron chi connectivity index (χ1n) is 11.8. The molecule has 0 unspecified atom stereocenters. The molecule has 0 aliphatic heterocycles. The maximum absolute atomic E-state index is 5.88. The molecule has 0 atom stereocenters. The van der Waals surface area contributed by atoms with Crippen LogP contribution in [0.3, 0.4) is 0 Å². The van der Waals surface area contributed by atoms with E-state index in [9.17, 15) is 0 Å². The Bertz CT molecular complexity index is 534. The van der Waals surface area contributed by atoms with Crippen molar-refractivity contribution in [3.8, 4) is 5.75 Å². The van der Waals surface area contributed by atoms with E-state index in [4.69, 9.17) is 18.0 Å². The molecule has 0 fully saturated rings. The predicted octanol–water partition coefficient (Wildman–Crippen LogP) is 6.28. The van der Waals surface area contributed by atoms with Crippen LogP contribution in [0.4, 0.5) is 0 Å². The topological polar surface area (TPSA) is 49.3 Å². The van der Waals surface area contributed by atoms with Crippen LogP contribution in [0.1, 0.15) is 78.2 Å². The average molecular weight is 438 g/mol. The molecule has 0 amide bonds. The van der Waals surface area contributed by atoms with Gasteiger partial charge in [0.1, 0.15) is 5.75 Å². The van der Waals surface area contributed by atoms with E-state index in [2.05, 4.69) is 24.0 Å². The van der Waals surface area contributed by atoms with E-state index in [1.165, 1.54) is 32.1 Å². The molecular formula is C24H43NO4Si. The van der Waals surface area contributed by atoms with Crippen LogP contribution >= 0.6 is 0 Å². The van der Waals surface area contributed by atoms with Crippen molar-refractivity contribution in [2.75, 3.05) is 33.0 Å². The fourth-order valence-electron chi connectivity index (χ4n) is 3.28. The summed E-state index contributed by atoms with van der Waals surface area (Å²) in [5.41, 5.74) is 1.09. The number of rotatable bonds is 19. The smallest absolute Gasteiger partial charge is 0.494 e. The molecule has 0 aliphatic carbocycles. The van der Waals surface area contributed by atoms with E-state index >= 15 is 0 Å². The lowest BCUT2D eigenvalue weighted by Crippen LogP contribution is -2.46. The van der Waals surface area contributed by atoms with Crippen LogP contribution in [0.25, 0.3) is 0 Å². The van der Waals surface area contributed by atoms with Crippen molar-refractivity contribution in [1.29, 1.82) is 0 Å². The second kappa shape index (κ2) is 17.5. The van der Waals surface area contributed by atoms with Crippen LogP contribution in [0.5, 0.6) is 5.75 Å². The lowest BCUT2D eigenvalue weighted by Gasteiger charge is -2.28. The second-order valence-electron chi connectivity index (χ2n) is 7.31. The summed E-state index contributed by atoms with van der Waals surface area (Å²) in [5, 5.41) is 0. The number of nitrogens with zero attached hydrogens (tertiary/aromatic N) is 1. The highest BCUT2D eigenvalue weighted by atomic mass is 28.4. The average Bonchev–Trinajstić information content (AvgIpc) is 2.74. The molecule has 30 heavy (non-hydrogen) atoms. The van der Waals surface area contributed by atoms with Gasteiger partial charge in [-0.1, -0.05) is 39.0 Å². The first-order chi connectivity index (χ1) is 14.7. The maximum atomic E-state index is 5.88. The molecule has 0 aromatic heterocycles. The van der Waals surface area contributed by atoms with Gasteiger partial charge < -0.3 is 18.0 Å². The molecular weight excluding hydrogens is 394 g/mol. The van der Waals surface area contributed by atoms with Gasteiger partial charge in [-0.3, -0.25) is 4.99 Å². The molecule has 0 bridgehead atoms. The molecule has 0 radical (unpaired) electrons. The largest absolute Gasteiger partial charge is 0.500 e. The summed E-state index contributed by atoms with van der Waals surface area (Å²) in [6.07, 6.45) is 10.5. The molecule has 0 saturated carbocycles. The molecule has 0 spiro atoms. The zero-order chi connectivity index (χ0) is 21.9. The fourth-order valence-corrected chi connectivity index (χ4v) is 5.87. The van der Waals surface area contributed by atoms with Crippen LogP contribution in [-0.4, -0.2) is 48.0 Å². The molecule has 0 N–H and O–H groups in total. The van der Waals surface area contributed by atoms with Gasteiger partial charge in [0.05, 0.1) is 6.61 Å². The number of aliphatic imine (C=N–C) groups is 1. The molecule has 6 heteroatoms. The molecule has 172 valence electrons. The maximum Gasteiger partial charge on any atom is 0.500 e. The van der Waals surface area contributed by atoms with Crippen molar-refractivity contribution in [2.24, 2.45) is 4.99 Å². The third-order valence-corrected chi connectivity index (χ3v) is 7.90. The summed E-state index contributed by atoms with van der Waals surface area (Å²) in [7, 11) is -2.55. The SMILES string of the molecule is CCCCCCCCOc1ccc(/C=N/CCC[Si](OCC)(OCC)OCC)cc1. The van der Waals surface area contributed by atoms with E-state index in [0.29, 0.717) is 19.8 Å². The van der Waals surface area contributed by atoms with Crippen LogP contribution in [0.2, 0.25) is 6.04 Å². The van der Waals surface area contributed by atoms with Gasteiger partial charge >= 0.3 is 8.80 Å². The minimum atomic E-state index is -2.55. The highest BCUT2D eigenvalue weighted by molar-refractivity contribution is 6.60. The number of hydrogen-bond acceptors (Lipinski definition) is 5. The summed E-state index contributed by atoms with van der Waals surface area (Å²) in [6.45, 7) is 11.6. The van der Waals surface area contributed by atoms with Gasteiger partial charge in [-0.2, -0.15) is 0 Å². The van der Waals surface area contributed by atoms with Crippen LogP contribution in [0, 0.1) is 0 Å². The first-order valence-corrected chi connectivity index (χ1v) is 13.8. The summed E-state index contributed by atoms with van der Waals surface area (Å²) >= 11 is 0. The summed E-state index contributed by atoms with van der Waals surface area (Å²) in [5.74, 6) is 0.932. The van der Waals surface area contributed by atoms with Gasteiger partial charge in [-0.15, -0.1) is 0 Å². The van der Waals surface area contributed by atoms with E-state index in [1.807, 2.05) is 39.1 Å². The highest BCUT2D eigenvalue weighted by Gasteiger charge is 2.39.